The van der Waals surface area contributed by atoms with Gasteiger partial charge in [0.15, 0.2) is 6.29 Å². The number of nitrogens with one attached hydrogen (secondary N) is 1. The van der Waals surface area contributed by atoms with Gasteiger partial charge in [-0.05, 0) is 6.08 Å². The van der Waals surface area contributed by atoms with Crippen LogP contribution in [0, 0.1) is 0 Å². The summed E-state index contributed by atoms with van der Waals surface area (Å²) in [4.78, 5) is 10.6. The number of thiophene rings is 1. The number of hydrogen-bond donors (Lipinski definition) is 1. The lowest BCUT2D eigenvalue weighted by Crippen LogP contribution is -2.22. The Morgan fingerprint density at radius 3 is 3.25 bits per heavy atom. The van der Waals surface area contributed by atoms with E-state index in [0.29, 0.717) is 0 Å². The van der Waals surface area contributed by atoms with E-state index < -0.39 is 0 Å². The Hall–Kier alpha value is -1.35. The Bertz CT molecular complexity index is 442. The third kappa shape index (κ3) is 1.08. The molecule has 1 N–H and O–H groups in total. The van der Waals surface area contributed by atoms with E-state index in [4.69, 9.17) is 0 Å². The lowest BCUT2D eigenvalue weighted by Gasteiger charge is -1.80. The predicted octanol–water partition coefficient (Wildman–Crippen LogP) is 0.196. The van der Waals surface area contributed by atoms with Gasteiger partial charge in [-0.25, -0.2) is 0 Å². The van der Waals surface area contributed by atoms with Gasteiger partial charge in [0.2, 0.25) is 0 Å². The smallest absolute Gasteiger partial charge is 0.151 e. The van der Waals surface area contributed by atoms with Gasteiger partial charge in [0.1, 0.15) is 0 Å². The molecule has 1 aromatic heterocycles. The lowest BCUT2D eigenvalue weighted by atomic mass is 10.3. The van der Waals surface area contributed by atoms with Crippen LogP contribution in [0.1, 0.15) is 10.4 Å². The van der Waals surface area contributed by atoms with E-state index in [9.17, 15) is 4.79 Å². The van der Waals surface area contributed by atoms with Crippen molar-refractivity contribution in [2.45, 2.75) is 0 Å². The summed E-state index contributed by atoms with van der Waals surface area (Å²) in [7, 11) is 0. The van der Waals surface area contributed by atoms with Gasteiger partial charge in [0, 0.05) is 28.6 Å². The third-order valence-corrected chi connectivity index (χ3v) is 2.65. The minimum atomic E-state index is 0.764. The van der Waals surface area contributed by atoms with Gasteiger partial charge in [-0.2, -0.15) is 0 Å². The van der Waals surface area contributed by atoms with E-state index in [2.05, 4.69) is 5.32 Å². The molecule has 0 amide bonds. The average Bonchev–Trinajstić information content (AvgIpc) is 2.33. The van der Waals surface area contributed by atoms with Crippen molar-refractivity contribution in [2.75, 3.05) is 0 Å². The highest BCUT2D eigenvalue weighted by Crippen LogP contribution is 1.91. The number of allylic oxidation sites excluding steroid dienone is 1. The molecule has 1 aliphatic rings. The molecule has 2 rings (SSSR count). The first-order chi connectivity index (χ1) is 5.92. The first-order valence-corrected chi connectivity index (χ1v) is 4.45. The van der Waals surface area contributed by atoms with Crippen LogP contribution in [-0.2, 0) is 0 Å². The normalized spacial score (nSPS) is 13.3. The Balaban J connectivity index is 2.82. The fourth-order valence-corrected chi connectivity index (χ4v) is 1.99. The summed E-state index contributed by atoms with van der Waals surface area (Å²) in [5.74, 6) is 0. The summed E-state index contributed by atoms with van der Waals surface area (Å²) in [5.41, 5.74) is 0.764. The molecule has 0 fully saturated rings. The molecule has 2 nitrogen and oxygen atoms in total. The van der Waals surface area contributed by atoms with Crippen molar-refractivity contribution >= 4 is 29.9 Å². The van der Waals surface area contributed by atoms with Crippen molar-refractivity contribution in [3.63, 3.8) is 0 Å². The second kappa shape index (κ2) is 2.95. The number of rotatable bonds is 1. The van der Waals surface area contributed by atoms with Crippen LogP contribution in [0.2, 0.25) is 0 Å². The average molecular weight is 177 g/mol. The topological polar surface area (TPSA) is 29.1 Å². The first-order valence-electron chi connectivity index (χ1n) is 3.57. The zero-order chi connectivity index (χ0) is 8.39. The molecule has 12 heavy (non-hydrogen) atoms. The van der Waals surface area contributed by atoms with E-state index in [-0.39, 0.29) is 0 Å². The van der Waals surface area contributed by atoms with Gasteiger partial charge in [0.25, 0.3) is 0 Å². The van der Waals surface area contributed by atoms with Crippen LogP contribution in [0.3, 0.4) is 0 Å². The summed E-state index contributed by atoms with van der Waals surface area (Å²) in [6, 6.07) is 0. The van der Waals surface area contributed by atoms with Gasteiger partial charge in [-0.15, -0.1) is 11.3 Å². The van der Waals surface area contributed by atoms with E-state index >= 15 is 0 Å². The van der Waals surface area contributed by atoms with Crippen LogP contribution < -0.4 is 15.1 Å². The van der Waals surface area contributed by atoms with Gasteiger partial charge in [-0.3, -0.25) is 4.79 Å². The summed E-state index contributed by atoms with van der Waals surface area (Å²) in [6.45, 7) is 0. The second-order valence-corrected chi connectivity index (χ2v) is 3.33. The molecule has 2 heterocycles. The zero-order valence-electron chi connectivity index (χ0n) is 6.28. The van der Waals surface area contributed by atoms with Gasteiger partial charge < -0.3 is 5.32 Å². The fourth-order valence-electron chi connectivity index (χ4n) is 1.10. The largest absolute Gasteiger partial charge is 0.366 e. The molecule has 0 radical (unpaired) electrons. The van der Waals surface area contributed by atoms with Crippen molar-refractivity contribution in [3.8, 4) is 0 Å². The van der Waals surface area contributed by atoms with E-state index in [1.807, 2.05) is 29.9 Å². The molecule has 3 heteroatoms. The monoisotopic (exact) mass is 177 g/mol. The summed E-state index contributed by atoms with van der Waals surface area (Å²) < 4.78 is 1.10. The SMILES string of the molecule is O=Cc1csc2c1=CC=CNC=2. The third-order valence-electron chi connectivity index (χ3n) is 1.69. The van der Waals surface area contributed by atoms with Gasteiger partial charge >= 0.3 is 0 Å². The molecular formula is C9H7NOS. The minimum absolute atomic E-state index is 0.764. The van der Waals surface area contributed by atoms with Crippen molar-refractivity contribution in [1.29, 1.82) is 0 Å². The van der Waals surface area contributed by atoms with Crippen LogP contribution >= 0.6 is 11.3 Å². The fraction of sp³-hybridized carbons (Fsp3) is 0. The minimum Gasteiger partial charge on any atom is -0.366 e. The van der Waals surface area contributed by atoms with E-state index in [1.165, 1.54) is 0 Å². The Morgan fingerprint density at radius 2 is 2.42 bits per heavy atom. The van der Waals surface area contributed by atoms with Crippen molar-refractivity contribution in [3.05, 3.63) is 33.0 Å². The highest BCUT2D eigenvalue weighted by atomic mass is 32.1. The quantitative estimate of drug-likeness (QED) is 0.621. The van der Waals surface area contributed by atoms with Crippen LogP contribution in [0.4, 0.5) is 0 Å². The maximum absolute atomic E-state index is 10.6. The number of carbonyl (C=O) groups excluding carboxylic acids is 1. The zero-order valence-corrected chi connectivity index (χ0v) is 7.10. The first kappa shape index (κ1) is 7.31. The second-order valence-electron chi connectivity index (χ2n) is 2.42. The molecule has 0 unspecified atom stereocenters. The van der Waals surface area contributed by atoms with Crippen molar-refractivity contribution in [2.24, 2.45) is 0 Å². The van der Waals surface area contributed by atoms with Gasteiger partial charge in [0.05, 0.1) is 4.53 Å². The molecule has 0 aromatic carbocycles. The Morgan fingerprint density at radius 1 is 1.50 bits per heavy atom. The molecule has 0 spiro atoms. The highest BCUT2D eigenvalue weighted by Gasteiger charge is 1.97. The van der Waals surface area contributed by atoms with Gasteiger partial charge in [-0.1, -0.05) is 6.08 Å². The van der Waals surface area contributed by atoms with Crippen LogP contribution in [0.5, 0.6) is 0 Å². The molecular weight excluding hydrogens is 170 g/mol. The van der Waals surface area contributed by atoms with Crippen LogP contribution in [0.15, 0.2) is 17.7 Å². The van der Waals surface area contributed by atoms with E-state index in [0.717, 1.165) is 21.6 Å². The van der Waals surface area contributed by atoms with Crippen LogP contribution in [-0.4, -0.2) is 6.29 Å². The van der Waals surface area contributed by atoms with Crippen LogP contribution in [0.25, 0.3) is 12.3 Å². The molecule has 0 saturated heterocycles. The standard InChI is InChI=1S/C9H7NOS/c11-5-7-6-12-9-4-10-3-1-2-8(7)9/h1-6,10H. The molecule has 1 aliphatic heterocycles. The summed E-state index contributed by atoms with van der Waals surface area (Å²) in [5, 5.41) is 5.88. The van der Waals surface area contributed by atoms with E-state index in [1.54, 1.807) is 11.3 Å². The lowest BCUT2D eigenvalue weighted by molar-refractivity contribution is 0.112. The number of carbonyl (C=O) groups is 1. The Labute approximate surface area is 73.5 Å². The van der Waals surface area contributed by atoms with Crippen molar-refractivity contribution in [1.82, 2.24) is 5.32 Å². The number of hydrogen-bond acceptors (Lipinski definition) is 3. The Kier molecular flexibility index (Phi) is 1.80. The summed E-state index contributed by atoms with van der Waals surface area (Å²) in [6.07, 6.45) is 8.45. The molecule has 0 atom stereocenters. The maximum atomic E-state index is 10.6. The number of aldehydes is 1. The molecule has 0 bridgehead atoms. The molecule has 0 aliphatic carbocycles. The molecule has 60 valence electrons. The molecule has 1 aromatic rings. The summed E-state index contributed by atoms with van der Waals surface area (Å²) >= 11 is 1.57. The highest BCUT2D eigenvalue weighted by molar-refractivity contribution is 7.08. The number of fused-ring (bicyclic) bond motifs is 1. The molecule has 0 saturated carbocycles. The van der Waals surface area contributed by atoms with Crippen molar-refractivity contribution < 1.29 is 4.79 Å². The predicted molar refractivity (Wildman–Crippen MR) is 50.2 cm³/mol. The maximum Gasteiger partial charge on any atom is 0.151 e.